The molecule has 0 aliphatic rings. The third-order valence-electron chi connectivity index (χ3n) is 2.84. The molecule has 2 aromatic carbocycles. The molecule has 0 saturated carbocycles. The minimum absolute atomic E-state index is 0.691. The topological polar surface area (TPSA) is 21.3 Å². The molecule has 1 N–H and O–H groups in total. The zero-order valence-corrected chi connectivity index (χ0v) is 12.0. The summed E-state index contributed by atoms with van der Waals surface area (Å²) in [6, 6.07) is 14.1. The second kappa shape index (κ2) is 6.48. The molecule has 2 aromatic rings. The van der Waals surface area contributed by atoms with E-state index in [0.29, 0.717) is 6.61 Å². The summed E-state index contributed by atoms with van der Waals surface area (Å²) >= 11 is 6.15. The zero-order valence-electron chi connectivity index (χ0n) is 11.2. The molecule has 0 amide bonds. The Morgan fingerprint density at radius 3 is 2.53 bits per heavy atom. The normalized spacial score (nSPS) is 10.3. The predicted molar refractivity (Wildman–Crippen MR) is 81.1 cm³/mol. The molecule has 0 heterocycles. The van der Waals surface area contributed by atoms with E-state index in [1.165, 1.54) is 11.1 Å². The van der Waals surface area contributed by atoms with E-state index in [-0.39, 0.29) is 0 Å². The fourth-order valence-corrected chi connectivity index (χ4v) is 2.03. The van der Waals surface area contributed by atoms with Gasteiger partial charge in [-0.05, 0) is 49.2 Å². The highest BCUT2D eigenvalue weighted by Gasteiger charge is 2.00. The lowest BCUT2D eigenvalue weighted by molar-refractivity contribution is 0.340. The molecule has 0 saturated heterocycles. The van der Waals surface area contributed by atoms with Gasteiger partial charge in [0.05, 0.1) is 17.3 Å². The van der Waals surface area contributed by atoms with Gasteiger partial charge < -0.3 is 10.1 Å². The van der Waals surface area contributed by atoms with Crippen molar-refractivity contribution in [2.24, 2.45) is 0 Å². The molecular weight excluding hydrogens is 258 g/mol. The van der Waals surface area contributed by atoms with Crippen LogP contribution in [0.1, 0.15) is 18.1 Å². The average Bonchev–Trinajstić information content (AvgIpc) is 2.42. The molecule has 0 spiro atoms. The maximum Gasteiger partial charge on any atom is 0.119 e. The van der Waals surface area contributed by atoms with Crippen LogP contribution in [0.5, 0.6) is 5.75 Å². The highest BCUT2D eigenvalue weighted by atomic mass is 35.5. The molecule has 0 radical (unpaired) electrons. The Balaban J connectivity index is 2.00. The quantitative estimate of drug-likeness (QED) is 0.857. The fraction of sp³-hybridized carbons (Fsp3) is 0.250. The summed E-state index contributed by atoms with van der Waals surface area (Å²) in [5, 5.41) is 4.10. The number of aryl methyl sites for hydroxylation is 1. The minimum atomic E-state index is 0.691. The van der Waals surface area contributed by atoms with E-state index in [2.05, 4.69) is 30.4 Å². The van der Waals surface area contributed by atoms with E-state index in [9.17, 15) is 0 Å². The Morgan fingerprint density at radius 1 is 1.11 bits per heavy atom. The molecule has 0 aliphatic heterocycles. The van der Waals surface area contributed by atoms with Crippen LogP contribution in [0.2, 0.25) is 5.02 Å². The largest absolute Gasteiger partial charge is 0.494 e. The van der Waals surface area contributed by atoms with Crippen LogP contribution in [0.3, 0.4) is 0 Å². The van der Waals surface area contributed by atoms with Crippen LogP contribution in [0, 0.1) is 6.92 Å². The molecule has 0 atom stereocenters. The maximum atomic E-state index is 6.15. The van der Waals surface area contributed by atoms with Gasteiger partial charge in [0.25, 0.3) is 0 Å². The Morgan fingerprint density at radius 2 is 1.84 bits per heavy atom. The summed E-state index contributed by atoms with van der Waals surface area (Å²) in [4.78, 5) is 0. The Bertz CT molecular complexity index is 537. The minimum Gasteiger partial charge on any atom is -0.494 e. The van der Waals surface area contributed by atoms with Gasteiger partial charge in [0.2, 0.25) is 0 Å². The lowest BCUT2D eigenvalue weighted by Gasteiger charge is -2.10. The summed E-state index contributed by atoms with van der Waals surface area (Å²) in [6.07, 6.45) is 0. The van der Waals surface area contributed by atoms with Crippen LogP contribution < -0.4 is 10.1 Å². The van der Waals surface area contributed by atoms with Gasteiger partial charge in [0, 0.05) is 6.54 Å². The molecule has 0 bridgehead atoms. The van der Waals surface area contributed by atoms with Crippen molar-refractivity contribution >= 4 is 17.3 Å². The average molecular weight is 276 g/mol. The van der Waals surface area contributed by atoms with Crippen molar-refractivity contribution in [1.82, 2.24) is 0 Å². The third-order valence-corrected chi connectivity index (χ3v) is 3.17. The van der Waals surface area contributed by atoms with Gasteiger partial charge in [-0.2, -0.15) is 0 Å². The van der Waals surface area contributed by atoms with Crippen molar-refractivity contribution in [2.75, 3.05) is 11.9 Å². The lowest BCUT2D eigenvalue weighted by Crippen LogP contribution is -2.00. The number of benzene rings is 2. The van der Waals surface area contributed by atoms with Crippen LogP contribution >= 0.6 is 11.6 Å². The number of rotatable bonds is 5. The molecule has 0 aromatic heterocycles. The van der Waals surface area contributed by atoms with E-state index in [1.807, 2.05) is 31.2 Å². The summed E-state index contributed by atoms with van der Waals surface area (Å²) in [7, 11) is 0. The van der Waals surface area contributed by atoms with Crippen LogP contribution in [0.25, 0.3) is 0 Å². The third kappa shape index (κ3) is 3.90. The van der Waals surface area contributed by atoms with Crippen LogP contribution in [-0.2, 0) is 6.54 Å². The fourth-order valence-electron chi connectivity index (χ4n) is 1.84. The Kier molecular flexibility index (Phi) is 4.69. The number of halogens is 1. The van der Waals surface area contributed by atoms with Crippen molar-refractivity contribution in [3.63, 3.8) is 0 Å². The first-order valence-corrected chi connectivity index (χ1v) is 6.78. The first-order chi connectivity index (χ1) is 9.19. The molecule has 2 rings (SSSR count). The number of hydrogen-bond acceptors (Lipinski definition) is 2. The lowest BCUT2D eigenvalue weighted by atomic mass is 10.2. The second-order valence-electron chi connectivity index (χ2n) is 4.41. The van der Waals surface area contributed by atoms with Crippen molar-refractivity contribution < 1.29 is 4.74 Å². The van der Waals surface area contributed by atoms with Gasteiger partial charge in [-0.3, -0.25) is 0 Å². The van der Waals surface area contributed by atoms with Gasteiger partial charge in [-0.1, -0.05) is 29.8 Å². The smallest absolute Gasteiger partial charge is 0.119 e. The van der Waals surface area contributed by atoms with Gasteiger partial charge in [0.1, 0.15) is 5.75 Å². The molecular formula is C16H18ClNO. The van der Waals surface area contributed by atoms with Crippen LogP contribution in [0.4, 0.5) is 5.69 Å². The SMILES string of the molecule is CCOc1ccc(CNc2cc(C)ccc2Cl)cc1. The van der Waals surface area contributed by atoms with Gasteiger partial charge in [0.15, 0.2) is 0 Å². The first kappa shape index (κ1) is 13.8. The molecule has 0 aliphatic carbocycles. The maximum absolute atomic E-state index is 6.15. The highest BCUT2D eigenvalue weighted by molar-refractivity contribution is 6.33. The second-order valence-corrected chi connectivity index (χ2v) is 4.82. The number of ether oxygens (including phenoxy) is 1. The summed E-state index contributed by atoms with van der Waals surface area (Å²) in [5.74, 6) is 0.903. The summed E-state index contributed by atoms with van der Waals surface area (Å²) in [6.45, 7) is 5.47. The van der Waals surface area contributed by atoms with E-state index in [4.69, 9.17) is 16.3 Å². The van der Waals surface area contributed by atoms with Crippen molar-refractivity contribution in [3.05, 3.63) is 58.6 Å². The molecule has 19 heavy (non-hydrogen) atoms. The van der Waals surface area contributed by atoms with Gasteiger partial charge >= 0.3 is 0 Å². The summed E-state index contributed by atoms with van der Waals surface area (Å²) < 4.78 is 5.42. The monoisotopic (exact) mass is 275 g/mol. The van der Waals surface area contributed by atoms with E-state index >= 15 is 0 Å². The van der Waals surface area contributed by atoms with E-state index < -0.39 is 0 Å². The van der Waals surface area contributed by atoms with Crippen molar-refractivity contribution in [2.45, 2.75) is 20.4 Å². The highest BCUT2D eigenvalue weighted by Crippen LogP contribution is 2.23. The molecule has 2 nitrogen and oxygen atoms in total. The standard InChI is InChI=1S/C16H18ClNO/c1-3-19-14-7-5-13(6-8-14)11-18-16-10-12(2)4-9-15(16)17/h4-10,18H,3,11H2,1-2H3. The molecule has 0 unspecified atom stereocenters. The van der Waals surface area contributed by atoms with E-state index in [1.54, 1.807) is 0 Å². The van der Waals surface area contributed by atoms with Crippen LogP contribution in [-0.4, -0.2) is 6.61 Å². The van der Waals surface area contributed by atoms with Crippen molar-refractivity contribution in [3.8, 4) is 5.75 Å². The molecule has 100 valence electrons. The zero-order chi connectivity index (χ0) is 13.7. The van der Waals surface area contributed by atoms with Crippen molar-refractivity contribution in [1.29, 1.82) is 0 Å². The van der Waals surface area contributed by atoms with Gasteiger partial charge in [-0.15, -0.1) is 0 Å². The number of nitrogens with one attached hydrogen (secondary N) is 1. The van der Waals surface area contributed by atoms with Crippen LogP contribution in [0.15, 0.2) is 42.5 Å². The number of hydrogen-bond donors (Lipinski definition) is 1. The predicted octanol–water partition coefficient (Wildman–Crippen LogP) is 4.66. The Labute approximate surface area is 119 Å². The molecule has 3 heteroatoms. The van der Waals surface area contributed by atoms with Gasteiger partial charge in [-0.25, -0.2) is 0 Å². The first-order valence-electron chi connectivity index (χ1n) is 6.41. The van der Waals surface area contributed by atoms with E-state index in [0.717, 1.165) is 23.0 Å². The summed E-state index contributed by atoms with van der Waals surface area (Å²) in [5.41, 5.74) is 3.36. The Hall–Kier alpha value is -1.67. The molecule has 0 fully saturated rings. The number of anilines is 1.